The number of benzene rings is 1. The van der Waals surface area contributed by atoms with Crippen molar-refractivity contribution < 1.29 is 0 Å². The van der Waals surface area contributed by atoms with Crippen LogP contribution in [0.4, 0.5) is 0 Å². The smallest absolute Gasteiger partial charge is 0.0488 e. The van der Waals surface area contributed by atoms with E-state index in [2.05, 4.69) is 43.5 Å². The van der Waals surface area contributed by atoms with Crippen LogP contribution < -0.4 is 11.3 Å². The Morgan fingerprint density at radius 1 is 1.10 bits per heavy atom. The summed E-state index contributed by atoms with van der Waals surface area (Å²) in [6, 6.07) is 9.36. The first-order valence-electron chi connectivity index (χ1n) is 8.75. The van der Waals surface area contributed by atoms with Gasteiger partial charge < -0.3 is 0 Å². The van der Waals surface area contributed by atoms with Gasteiger partial charge in [-0.05, 0) is 42.2 Å². The molecule has 0 aliphatic heterocycles. The molecule has 0 radical (unpaired) electrons. The summed E-state index contributed by atoms with van der Waals surface area (Å²) in [6.07, 6.45) is 10.7. The van der Waals surface area contributed by atoms with Crippen molar-refractivity contribution in [3.8, 4) is 0 Å². The van der Waals surface area contributed by atoms with Gasteiger partial charge in [0.15, 0.2) is 0 Å². The topological polar surface area (TPSA) is 38.0 Å². The van der Waals surface area contributed by atoms with E-state index in [4.69, 9.17) is 5.84 Å². The van der Waals surface area contributed by atoms with Gasteiger partial charge in [-0.2, -0.15) is 0 Å². The van der Waals surface area contributed by atoms with E-state index in [1.807, 2.05) is 0 Å². The van der Waals surface area contributed by atoms with Crippen LogP contribution in [-0.4, -0.2) is 0 Å². The van der Waals surface area contributed by atoms with Crippen molar-refractivity contribution in [2.45, 2.75) is 71.3 Å². The second kappa shape index (κ2) is 8.55. The predicted molar refractivity (Wildman–Crippen MR) is 90.9 cm³/mol. The lowest BCUT2D eigenvalue weighted by molar-refractivity contribution is 0.290. The molecule has 0 saturated heterocycles. The van der Waals surface area contributed by atoms with E-state index in [1.165, 1.54) is 56.1 Å². The van der Waals surface area contributed by atoms with Gasteiger partial charge in [0, 0.05) is 6.04 Å². The van der Waals surface area contributed by atoms with Gasteiger partial charge >= 0.3 is 0 Å². The Bertz CT molecular complexity index is 406. The Kier molecular flexibility index (Phi) is 6.72. The zero-order valence-electron chi connectivity index (χ0n) is 13.8. The van der Waals surface area contributed by atoms with Gasteiger partial charge in [-0.1, -0.05) is 70.2 Å². The molecule has 0 spiro atoms. The summed E-state index contributed by atoms with van der Waals surface area (Å²) in [5, 5.41) is 0. The Morgan fingerprint density at radius 3 is 2.38 bits per heavy atom. The predicted octanol–water partition coefficient (Wildman–Crippen LogP) is 4.75. The molecular formula is C19H32N2. The van der Waals surface area contributed by atoms with Crippen LogP contribution in [-0.2, 0) is 6.42 Å². The van der Waals surface area contributed by atoms with Gasteiger partial charge in [0.25, 0.3) is 0 Å². The summed E-state index contributed by atoms with van der Waals surface area (Å²) in [5.41, 5.74) is 5.93. The first-order chi connectivity index (χ1) is 10.2. The third kappa shape index (κ3) is 5.12. The van der Waals surface area contributed by atoms with E-state index in [-0.39, 0.29) is 0 Å². The van der Waals surface area contributed by atoms with E-state index in [9.17, 15) is 0 Å². The fourth-order valence-electron chi connectivity index (χ4n) is 3.71. The van der Waals surface area contributed by atoms with Crippen LogP contribution in [0.5, 0.6) is 0 Å². The van der Waals surface area contributed by atoms with Crippen LogP contribution in [0.15, 0.2) is 24.3 Å². The highest BCUT2D eigenvalue weighted by atomic mass is 15.2. The zero-order valence-corrected chi connectivity index (χ0v) is 13.8. The van der Waals surface area contributed by atoms with Gasteiger partial charge in [-0.15, -0.1) is 0 Å². The Labute approximate surface area is 130 Å². The summed E-state index contributed by atoms with van der Waals surface area (Å²) < 4.78 is 0. The second-order valence-electron chi connectivity index (χ2n) is 7.09. The molecule has 0 amide bonds. The van der Waals surface area contributed by atoms with Crippen molar-refractivity contribution in [1.29, 1.82) is 0 Å². The average Bonchev–Trinajstić information content (AvgIpc) is 2.41. The lowest BCUT2D eigenvalue weighted by atomic mass is 9.82. The van der Waals surface area contributed by atoms with Crippen LogP contribution in [0, 0.1) is 11.8 Å². The van der Waals surface area contributed by atoms with Gasteiger partial charge in [0.2, 0.25) is 0 Å². The molecule has 0 bridgehead atoms. The molecule has 1 aliphatic carbocycles. The summed E-state index contributed by atoms with van der Waals surface area (Å²) in [7, 11) is 0. The Morgan fingerprint density at radius 2 is 1.76 bits per heavy atom. The van der Waals surface area contributed by atoms with Crippen LogP contribution in [0.25, 0.3) is 0 Å². The number of hydrogen-bond acceptors (Lipinski definition) is 2. The highest BCUT2D eigenvalue weighted by Gasteiger charge is 2.22. The zero-order chi connectivity index (χ0) is 15.1. The molecular weight excluding hydrogens is 256 g/mol. The summed E-state index contributed by atoms with van der Waals surface area (Å²) in [5.74, 6) is 7.31. The molecule has 1 fully saturated rings. The molecule has 118 valence electrons. The minimum Gasteiger partial charge on any atom is -0.271 e. The Hall–Kier alpha value is -0.860. The largest absolute Gasteiger partial charge is 0.271 e. The standard InChI is InChI=1S/C19H32N2/c1-15(2)13-16-9-8-12-18(14-16)19(21-20)17-10-6-4-3-5-7-11-17/h8-9,12,14-15,17,19,21H,3-7,10-11,13,20H2,1-2H3. The molecule has 2 heteroatoms. The number of hydrazine groups is 1. The normalized spacial score (nSPS) is 19.2. The maximum Gasteiger partial charge on any atom is 0.0488 e. The fourth-order valence-corrected chi connectivity index (χ4v) is 3.71. The van der Waals surface area contributed by atoms with Crippen LogP contribution in [0.3, 0.4) is 0 Å². The molecule has 1 atom stereocenters. The van der Waals surface area contributed by atoms with E-state index >= 15 is 0 Å². The molecule has 3 N–H and O–H groups in total. The molecule has 2 nitrogen and oxygen atoms in total. The van der Waals surface area contributed by atoms with Gasteiger partial charge in [-0.25, -0.2) is 0 Å². The van der Waals surface area contributed by atoms with Crippen molar-refractivity contribution in [3.63, 3.8) is 0 Å². The lowest BCUT2D eigenvalue weighted by Crippen LogP contribution is -2.34. The Balaban J connectivity index is 2.11. The second-order valence-corrected chi connectivity index (χ2v) is 7.09. The fraction of sp³-hybridized carbons (Fsp3) is 0.684. The maximum absolute atomic E-state index is 5.93. The molecule has 1 aliphatic rings. The SMILES string of the molecule is CC(C)Cc1cccc(C(NN)C2CCCCCCC2)c1. The minimum atomic E-state index is 0.315. The minimum absolute atomic E-state index is 0.315. The highest BCUT2D eigenvalue weighted by Crippen LogP contribution is 2.33. The van der Waals surface area contributed by atoms with Crippen molar-refractivity contribution >= 4 is 0 Å². The van der Waals surface area contributed by atoms with Crippen molar-refractivity contribution in [2.24, 2.45) is 17.7 Å². The number of nitrogens with one attached hydrogen (secondary N) is 1. The third-order valence-electron chi connectivity index (χ3n) is 4.75. The molecule has 1 aromatic carbocycles. The molecule has 1 aromatic rings. The van der Waals surface area contributed by atoms with E-state index in [1.54, 1.807) is 0 Å². The molecule has 2 rings (SSSR count). The average molecular weight is 288 g/mol. The first-order valence-corrected chi connectivity index (χ1v) is 8.75. The summed E-state index contributed by atoms with van der Waals surface area (Å²) >= 11 is 0. The molecule has 0 aromatic heterocycles. The first kappa shape index (κ1) is 16.5. The summed E-state index contributed by atoms with van der Waals surface area (Å²) in [4.78, 5) is 0. The monoisotopic (exact) mass is 288 g/mol. The van der Waals surface area contributed by atoms with Crippen molar-refractivity contribution in [3.05, 3.63) is 35.4 Å². The number of rotatable bonds is 5. The van der Waals surface area contributed by atoms with Crippen molar-refractivity contribution in [2.75, 3.05) is 0 Å². The van der Waals surface area contributed by atoms with Crippen LogP contribution in [0.2, 0.25) is 0 Å². The quantitative estimate of drug-likeness (QED) is 0.606. The van der Waals surface area contributed by atoms with E-state index in [0.717, 1.165) is 6.42 Å². The van der Waals surface area contributed by atoms with Crippen LogP contribution in [0.1, 0.15) is 76.0 Å². The third-order valence-corrected chi connectivity index (χ3v) is 4.75. The molecule has 1 unspecified atom stereocenters. The number of hydrogen-bond donors (Lipinski definition) is 2. The summed E-state index contributed by atoms with van der Waals surface area (Å²) in [6.45, 7) is 4.56. The van der Waals surface area contributed by atoms with Crippen molar-refractivity contribution in [1.82, 2.24) is 5.43 Å². The van der Waals surface area contributed by atoms with Crippen LogP contribution >= 0.6 is 0 Å². The van der Waals surface area contributed by atoms with E-state index < -0.39 is 0 Å². The highest BCUT2D eigenvalue weighted by molar-refractivity contribution is 5.27. The molecule has 21 heavy (non-hydrogen) atoms. The number of nitrogens with two attached hydrogens (primary N) is 1. The van der Waals surface area contributed by atoms with Gasteiger partial charge in [-0.3, -0.25) is 11.3 Å². The maximum atomic E-state index is 5.93. The molecule has 1 saturated carbocycles. The van der Waals surface area contributed by atoms with E-state index in [0.29, 0.717) is 17.9 Å². The van der Waals surface area contributed by atoms with Gasteiger partial charge in [0.1, 0.15) is 0 Å². The molecule has 0 heterocycles. The lowest BCUT2D eigenvalue weighted by Gasteiger charge is -2.29. The van der Waals surface area contributed by atoms with Gasteiger partial charge in [0.05, 0.1) is 0 Å².